The van der Waals surface area contributed by atoms with E-state index >= 15 is 0 Å². The van der Waals surface area contributed by atoms with E-state index in [1.165, 1.54) is 0 Å². The normalized spacial score (nSPS) is 11.0. The summed E-state index contributed by atoms with van der Waals surface area (Å²) in [6.07, 6.45) is 5.48. The first-order valence-corrected chi connectivity index (χ1v) is 6.43. The molecule has 0 atom stereocenters. The Kier molecular flexibility index (Phi) is 3.44. The highest BCUT2D eigenvalue weighted by Crippen LogP contribution is 2.24. The van der Waals surface area contributed by atoms with Gasteiger partial charge in [-0.05, 0) is 23.8 Å². The molecule has 3 aromatic rings. The zero-order valence-electron chi connectivity index (χ0n) is 10.2. The molecule has 0 unspecified atom stereocenters. The van der Waals surface area contributed by atoms with Crippen molar-refractivity contribution in [3.63, 3.8) is 0 Å². The number of aromatic nitrogens is 3. The van der Waals surface area contributed by atoms with Gasteiger partial charge in [-0.15, -0.1) is 0 Å². The van der Waals surface area contributed by atoms with Gasteiger partial charge in [0.1, 0.15) is 0 Å². The standard InChI is InChI=1S/C14H13ClN4/c15-13-4-3-11(14-12(13)2-1-5-17-14)9-16-6-10-7-18-19-8-10/h1-5,7-8,16H,6,9H2,(H,18,19). The summed E-state index contributed by atoms with van der Waals surface area (Å²) in [5, 5.41) is 11.8. The smallest absolute Gasteiger partial charge is 0.0761 e. The number of halogens is 1. The second-order valence-corrected chi connectivity index (χ2v) is 4.72. The van der Waals surface area contributed by atoms with Crippen LogP contribution in [-0.4, -0.2) is 15.2 Å². The summed E-state index contributed by atoms with van der Waals surface area (Å²) < 4.78 is 0. The Hall–Kier alpha value is -1.91. The van der Waals surface area contributed by atoms with Crippen LogP contribution in [0.15, 0.2) is 42.9 Å². The van der Waals surface area contributed by atoms with Crippen molar-refractivity contribution >= 4 is 22.5 Å². The summed E-state index contributed by atoms with van der Waals surface area (Å²) in [6.45, 7) is 1.52. The third-order valence-electron chi connectivity index (χ3n) is 3.00. The molecule has 0 saturated heterocycles. The van der Waals surface area contributed by atoms with Crippen molar-refractivity contribution in [2.24, 2.45) is 0 Å². The minimum absolute atomic E-state index is 0.738. The molecule has 19 heavy (non-hydrogen) atoms. The van der Waals surface area contributed by atoms with Crippen molar-refractivity contribution in [3.05, 3.63) is 59.0 Å². The Balaban J connectivity index is 1.79. The van der Waals surface area contributed by atoms with Gasteiger partial charge in [0.25, 0.3) is 0 Å². The lowest BCUT2D eigenvalue weighted by Crippen LogP contribution is -2.12. The Labute approximate surface area is 115 Å². The van der Waals surface area contributed by atoms with Gasteiger partial charge < -0.3 is 5.32 Å². The molecule has 96 valence electrons. The molecule has 0 aliphatic heterocycles. The van der Waals surface area contributed by atoms with Crippen molar-refractivity contribution < 1.29 is 0 Å². The lowest BCUT2D eigenvalue weighted by molar-refractivity contribution is 0.696. The van der Waals surface area contributed by atoms with E-state index in [-0.39, 0.29) is 0 Å². The SMILES string of the molecule is Clc1ccc(CNCc2cn[nH]c2)c2ncccc12. The van der Waals surface area contributed by atoms with E-state index in [0.29, 0.717) is 0 Å². The fourth-order valence-corrected chi connectivity index (χ4v) is 2.27. The van der Waals surface area contributed by atoms with Gasteiger partial charge in [-0.3, -0.25) is 10.1 Å². The molecule has 1 aromatic carbocycles. The molecule has 0 radical (unpaired) electrons. The van der Waals surface area contributed by atoms with Crippen molar-refractivity contribution in [3.8, 4) is 0 Å². The Morgan fingerprint density at radius 3 is 3.00 bits per heavy atom. The number of hydrogen-bond donors (Lipinski definition) is 2. The first kappa shape index (κ1) is 12.1. The van der Waals surface area contributed by atoms with Gasteiger partial charge >= 0.3 is 0 Å². The molecule has 5 heteroatoms. The van der Waals surface area contributed by atoms with Crippen molar-refractivity contribution in [2.45, 2.75) is 13.1 Å². The molecule has 0 amide bonds. The number of nitrogens with one attached hydrogen (secondary N) is 2. The molecule has 0 spiro atoms. The molecule has 0 bridgehead atoms. The number of hydrogen-bond acceptors (Lipinski definition) is 3. The number of benzene rings is 1. The minimum atomic E-state index is 0.738. The molecule has 0 saturated carbocycles. The number of H-pyrrole nitrogens is 1. The lowest BCUT2D eigenvalue weighted by Gasteiger charge is -2.08. The van der Waals surface area contributed by atoms with Crippen LogP contribution >= 0.6 is 11.6 Å². The van der Waals surface area contributed by atoms with Crippen LogP contribution in [0.1, 0.15) is 11.1 Å². The topological polar surface area (TPSA) is 53.6 Å². The summed E-state index contributed by atoms with van der Waals surface area (Å²) in [5.41, 5.74) is 3.23. The van der Waals surface area contributed by atoms with Crippen molar-refractivity contribution in [1.82, 2.24) is 20.5 Å². The van der Waals surface area contributed by atoms with E-state index in [2.05, 4.69) is 20.5 Å². The summed E-state index contributed by atoms with van der Waals surface area (Å²) in [7, 11) is 0. The third-order valence-corrected chi connectivity index (χ3v) is 3.33. The quantitative estimate of drug-likeness (QED) is 0.768. The van der Waals surface area contributed by atoms with Crippen LogP contribution in [-0.2, 0) is 13.1 Å². The van der Waals surface area contributed by atoms with Gasteiger partial charge in [-0.1, -0.05) is 17.7 Å². The summed E-state index contributed by atoms with van der Waals surface area (Å²) >= 11 is 6.17. The lowest BCUT2D eigenvalue weighted by atomic mass is 10.1. The molecule has 2 aromatic heterocycles. The summed E-state index contributed by atoms with van der Waals surface area (Å²) in [4.78, 5) is 4.41. The van der Waals surface area contributed by atoms with Crippen LogP contribution in [0.4, 0.5) is 0 Å². The summed E-state index contributed by atoms with van der Waals surface area (Å²) in [5.74, 6) is 0. The first-order valence-electron chi connectivity index (χ1n) is 6.05. The van der Waals surface area contributed by atoms with Gasteiger partial charge in [-0.25, -0.2) is 0 Å². The van der Waals surface area contributed by atoms with E-state index < -0.39 is 0 Å². The number of aromatic amines is 1. The maximum absolute atomic E-state index is 6.17. The molecule has 3 rings (SSSR count). The molecule has 2 heterocycles. The fourth-order valence-electron chi connectivity index (χ4n) is 2.05. The second-order valence-electron chi connectivity index (χ2n) is 4.32. The van der Waals surface area contributed by atoms with Gasteiger partial charge in [0.05, 0.1) is 11.7 Å². The molecular weight excluding hydrogens is 260 g/mol. The number of pyridine rings is 1. The molecular formula is C14H13ClN4. The predicted octanol–water partition coefficient (Wildman–Crippen LogP) is 2.90. The van der Waals surface area contributed by atoms with Gasteiger partial charge in [0, 0.05) is 41.5 Å². The van der Waals surface area contributed by atoms with E-state index in [1.54, 1.807) is 6.20 Å². The van der Waals surface area contributed by atoms with Crippen LogP contribution in [0.25, 0.3) is 10.9 Å². The molecule has 0 aliphatic rings. The van der Waals surface area contributed by atoms with Crippen LogP contribution < -0.4 is 5.32 Å². The average molecular weight is 273 g/mol. The van der Waals surface area contributed by atoms with Crippen molar-refractivity contribution in [2.75, 3.05) is 0 Å². The number of rotatable bonds is 4. The van der Waals surface area contributed by atoms with Crippen LogP contribution in [0.5, 0.6) is 0 Å². The first-order chi connectivity index (χ1) is 9.34. The highest BCUT2D eigenvalue weighted by molar-refractivity contribution is 6.35. The monoisotopic (exact) mass is 272 g/mol. The average Bonchev–Trinajstić information content (AvgIpc) is 2.95. The molecule has 0 aliphatic carbocycles. The van der Waals surface area contributed by atoms with Gasteiger partial charge in [-0.2, -0.15) is 5.10 Å². The maximum atomic E-state index is 6.17. The fraction of sp³-hybridized carbons (Fsp3) is 0.143. The van der Waals surface area contributed by atoms with Crippen LogP contribution in [0, 0.1) is 0 Å². The van der Waals surface area contributed by atoms with Crippen LogP contribution in [0.3, 0.4) is 0 Å². The zero-order valence-corrected chi connectivity index (χ0v) is 11.0. The van der Waals surface area contributed by atoms with Gasteiger partial charge in [0.15, 0.2) is 0 Å². The highest BCUT2D eigenvalue weighted by Gasteiger charge is 2.05. The summed E-state index contributed by atoms with van der Waals surface area (Å²) in [6, 6.07) is 7.82. The molecule has 2 N–H and O–H groups in total. The Morgan fingerprint density at radius 2 is 2.16 bits per heavy atom. The maximum Gasteiger partial charge on any atom is 0.0761 e. The zero-order chi connectivity index (χ0) is 13.1. The molecule has 0 fully saturated rings. The Bertz CT molecular complexity index is 679. The molecule has 4 nitrogen and oxygen atoms in total. The number of nitrogens with zero attached hydrogens (tertiary/aromatic N) is 2. The highest BCUT2D eigenvalue weighted by atomic mass is 35.5. The van der Waals surface area contributed by atoms with Gasteiger partial charge in [0.2, 0.25) is 0 Å². The van der Waals surface area contributed by atoms with Crippen molar-refractivity contribution in [1.29, 1.82) is 0 Å². The van der Waals surface area contributed by atoms with E-state index in [4.69, 9.17) is 11.6 Å². The largest absolute Gasteiger partial charge is 0.308 e. The van der Waals surface area contributed by atoms with E-state index in [9.17, 15) is 0 Å². The van der Waals surface area contributed by atoms with E-state index in [0.717, 1.165) is 40.1 Å². The second kappa shape index (κ2) is 5.38. The third kappa shape index (κ3) is 2.59. The van der Waals surface area contributed by atoms with E-state index in [1.807, 2.05) is 36.7 Å². The number of fused-ring (bicyclic) bond motifs is 1. The minimum Gasteiger partial charge on any atom is -0.308 e. The van der Waals surface area contributed by atoms with Crippen LogP contribution in [0.2, 0.25) is 5.02 Å². The predicted molar refractivity (Wildman–Crippen MR) is 75.9 cm³/mol. The Morgan fingerprint density at radius 1 is 1.21 bits per heavy atom.